The van der Waals surface area contributed by atoms with E-state index in [2.05, 4.69) is 5.32 Å². The van der Waals surface area contributed by atoms with Gasteiger partial charge in [-0.3, -0.25) is 10.1 Å². The summed E-state index contributed by atoms with van der Waals surface area (Å²) in [5.74, 6) is -0.584. The van der Waals surface area contributed by atoms with Crippen molar-refractivity contribution in [2.75, 3.05) is 6.54 Å². The van der Waals surface area contributed by atoms with Gasteiger partial charge in [0.1, 0.15) is 5.82 Å². The number of nitrogens with zero attached hydrogens (tertiary/aromatic N) is 1. The van der Waals surface area contributed by atoms with Crippen molar-refractivity contribution in [1.29, 1.82) is 0 Å². The summed E-state index contributed by atoms with van der Waals surface area (Å²) in [5, 5.41) is 13.8. The first-order valence-corrected chi connectivity index (χ1v) is 6.33. The van der Waals surface area contributed by atoms with Crippen molar-refractivity contribution < 1.29 is 9.31 Å². The SMILES string of the molecule is O=[N+]([O-])c1cc(F)cc(CNCCc2ccccc2)c1. The summed E-state index contributed by atoms with van der Waals surface area (Å²) in [6.07, 6.45) is 0.859. The maximum Gasteiger partial charge on any atom is 0.272 e. The first-order chi connectivity index (χ1) is 9.65. The van der Waals surface area contributed by atoms with E-state index in [0.29, 0.717) is 12.1 Å². The molecular formula is C15H15FN2O2. The lowest BCUT2D eigenvalue weighted by Gasteiger charge is -2.05. The summed E-state index contributed by atoms with van der Waals surface area (Å²) in [5.41, 5.74) is 1.57. The molecule has 0 saturated heterocycles. The lowest BCUT2D eigenvalue weighted by molar-refractivity contribution is -0.385. The second-order valence-electron chi connectivity index (χ2n) is 4.49. The molecule has 0 aliphatic heterocycles. The third-order valence-electron chi connectivity index (χ3n) is 2.92. The van der Waals surface area contributed by atoms with Gasteiger partial charge < -0.3 is 5.32 Å². The van der Waals surface area contributed by atoms with Gasteiger partial charge in [0.2, 0.25) is 0 Å². The molecule has 0 saturated carbocycles. The summed E-state index contributed by atoms with van der Waals surface area (Å²) in [6, 6.07) is 13.6. The van der Waals surface area contributed by atoms with Crippen molar-refractivity contribution >= 4 is 5.69 Å². The molecule has 5 heteroatoms. The minimum atomic E-state index is -0.587. The molecule has 2 aromatic carbocycles. The first-order valence-electron chi connectivity index (χ1n) is 6.33. The molecule has 0 radical (unpaired) electrons. The van der Waals surface area contributed by atoms with E-state index >= 15 is 0 Å². The Morgan fingerprint density at radius 1 is 1.10 bits per heavy atom. The van der Waals surface area contributed by atoms with Crippen LogP contribution in [0, 0.1) is 15.9 Å². The molecule has 2 aromatic rings. The second kappa shape index (κ2) is 6.77. The molecule has 0 amide bonds. The number of nitro groups is 1. The molecule has 0 aliphatic carbocycles. The Morgan fingerprint density at radius 2 is 1.85 bits per heavy atom. The van der Waals surface area contributed by atoms with Crippen molar-refractivity contribution in [2.24, 2.45) is 0 Å². The lowest BCUT2D eigenvalue weighted by Crippen LogP contribution is -2.16. The van der Waals surface area contributed by atoms with Crippen LogP contribution in [-0.2, 0) is 13.0 Å². The summed E-state index contributed by atoms with van der Waals surface area (Å²) in [6.45, 7) is 1.14. The van der Waals surface area contributed by atoms with E-state index in [1.54, 1.807) is 0 Å². The van der Waals surface area contributed by atoms with Gasteiger partial charge in [0.25, 0.3) is 5.69 Å². The number of hydrogen-bond acceptors (Lipinski definition) is 3. The zero-order chi connectivity index (χ0) is 14.4. The molecular weight excluding hydrogens is 259 g/mol. The number of hydrogen-bond donors (Lipinski definition) is 1. The van der Waals surface area contributed by atoms with Gasteiger partial charge in [-0.15, -0.1) is 0 Å². The van der Waals surface area contributed by atoms with Gasteiger partial charge in [0.05, 0.1) is 11.0 Å². The molecule has 0 bridgehead atoms. The molecule has 0 aromatic heterocycles. The fraction of sp³-hybridized carbons (Fsp3) is 0.200. The average molecular weight is 274 g/mol. The Balaban J connectivity index is 1.86. The number of non-ortho nitro benzene ring substituents is 1. The Kier molecular flexibility index (Phi) is 4.79. The van der Waals surface area contributed by atoms with Crippen LogP contribution in [0.4, 0.5) is 10.1 Å². The highest BCUT2D eigenvalue weighted by atomic mass is 19.1. The van der Waals surface area contributed by atoms with Crippen LogP contribution in [0.15, 0.2) is 48.5 Å². The molecule has 4 nitrogen and oxygen atoms in total. The Labute approximate surface area is 116 Å². The quantitative estimate of drug-likeness (QED) is 0.500. The molecule has 1 N–H and O–H groups in total. The molecule has 0 aliphatic rings. The van der Waals surface area contributed by atoms with Gasteiger partial charge in [-0.25, -0.2) is 4.39 Å². The van der Waals surface area contributed by atoms with E-state index in [1.807, 2.05) is 30.3 Å². The third kappa shape index (κ3) is 4.13. The number of nitrogens with one attached hydrogen (secondary N) is 1. The van der Waals surface area contributed by atoms with E-state index in [1.165, 1.54) is 17.7 Å². The highest BCUT2D eigenvalue weighted by Crippen LogP contribution is 2.16. The van der Waals surface area contributed by atoms with Crippen LogP contribution in [0.5, 0.6) is 0 Å². The first kappa shape index (κ1) is 14.1. The zero-order valence-corrected chi connectivity index (χ0v) is 10.9. The van der Waals surface area contributed by atoms with Crippen LogP contribution in [0.3, 0.4) is 0 Å². The predicted molar refractivity (Wildman–Crippen MR) is 74.9 cm³/mol. The van der Waals surface area contributed by atoms with Crippen molar-refractivity contribution in [3.63, 3.8) is 0 Å². The van der Waals surface area contributed by atoms with Gasteiger partial charge in [0.15, 0.2) is 0 Å². The fourth-order valence-electron chi connectivity index (χ4n) is 1.95. The van der Waals surface area contributed by atoms with Crippen LogP contribution in [0.25, 0.3) is 0 Å². The zero-order valence-electron chi connectivity index (χ0n) is 10.9. The van der Waals surface area contributed by atoms with E-state index in [9.17, 15) is 14.5 Å². The summed E-state index contributed by atoms with van der Waals surface area (Å²) < 4.78 is 13.2. The standard InChI is InChI=1S/C15H15FN2O2/c16-14-8-13(9-15(10-14)18(19)20)11-17-7-6-12-4-2-1-3-5-12/h1-5,8-10,17H,6-7,11H2. The van der Waals surface area contributed by atoms with Crippen molar-refractivity contribution in [3.05, 3.63) is 75.6 Å². The third-order valence-corrected chi connectivity index (χ3v) is 2.92. The molecule has 0 heterocycles. The molecule has 0 atom stereocenters. The molecule has 104 valence electrons. The normalized spacial score (nSPS) is 10.4. The van der Waals surface area contributed by atoms with E-state index < -0.39 is 10.7 Å². The molecule has 2 rings (SSSR count). The van der Waals surface area contributed by atoms with Crippen LogP contribution < -0.4 is 5.32 Å². The summed E-state index contributed by atoms with van der Waals surface area (Å²) >= 11 is 0. The highest BCUT2D eigenvalue weighted by Gasteiger charge is 2.09. The number of rotatable bonds is 6. The Morgan fingerprint density at radius 3 is 2.55 bits per heavy atom. The maximum absolute atomic E-state index is 13.2. The van der Waals surface area contributed by atoms with Crippen molar-refractivity contribution in [2.45, 2.75) is 13.0 Å². The molecule has 20 heavy (non-hydrogen) atoms. The Hall–Kier alpha value is -2.27. The molecule has 0 unspecified atom stereocenters. The topological polar surface area (TPSA) is 55.2 Å². The van der Waals surface area contributed by atoms with Crippen LogP contribution >= 0.6 is 0 Å². The maximum atomic E-state index is 13.2. The van der Waals surface area contributed by atoms with E-state index in [4.69, 9.17) is 0 Å². The van der Waals surface area contributed by atoms with Gasteiger partial charge in [-0.1, -0.05) is 30.3 Å². The highest BCUT2D eigenvalue weighted by molar-refractivity contribution is 5.35. The largest absolute Gasteiger partial charge is 0.312 e. The average Bonchev–Trinajstić information content (AvgIpc) is 2.44. The van der Waals surface area contributed by atoms with E-state index in [-0.39, 0.29) is 5.69 Å². The van der Waals surface area contributed by atoms with Crippen molar-refractivity contribution in [1.82, 2.24) is 5.32 Å². The second-order valence-corrected chi connectivity index (χ2v) is 4.49. The predicted octanol–water partition coefficient (Wildman–Crippen LogP) is 3.07. The van der Waals surface area contributed by atoms with Crippen LogP contribution in [0.2, 0.25) is 0 Å². The van der Waals surface area contributed by atoms with Gasteiger partial charge in [-0.2, -0.15) is 0 Å². The van der Waals surface area contributed by atoms with Gasteiger partial charge >= 0.3 is 0 Å². The molecule has 0 spiro atoms. The number of nitro benzene ring substituents is 1. The lowest BCUT2D eigenvalue weighted by atomic mass is 10.1. The van der Waals surface area contributed by atoms with Gasteiger partial charge in [-0.05, 0) is 30.2 Å². The summed E-state index contributed by atoms with van der Waals surface area (Å²) in [7, 11) is 0. The van der Waals surface area contributed by atoms with Gasteiger partial charge in [0, 0.05) is 12.6 Å². The number of benzene rings is 2. The van der Waals surface area contributed by atoms with Crippen LogP contribution in [-0.4, -0.2) is 11.5 Å². The number of halogens is 1. The summed E-state index contributed by atoms with van der Waals surface area (Å²) in [4.78, 5) is 10.1. The monoisotopic (exact) mass is 274 g/mol. The fourth-order valence-corrected chi connectivity index (χ4v) is 1.95. The minimum absolute atomic E-state index is 0.218. The van der Waals surface area contributed by atoms with Crippen molar-refractivity contribution in [3.8, 4) is 0 Å². The minimum Gasteiger partial charge on any atom is -0.312 e. The van der Waals surface area contributed by atoms with E-state index in [0.717, 1.165) is 19.0 Å². The Bertz CT molecular complexity index is 588. The van der Waals surface area contributed by atoms with Crippen LogP contribution in [0.1, 0.15) is 11.1 Å². The smallest absolute Gasteiger partial charge is 0.272 e. The molecule has 0 fully saturated rings.